The molecule has 1 saturated heterocycles. The number of hydrogen-bond acceptors (Lipinski definition) is 8. The zero-order chi connectivity index (χ0) is 18.6. The number of ether oxygens (including phenoxy) is 2. The highest BCUT2D eigenvalue weighted by Crippen LogP contribution is 2.19. The van der Waals surface area contributed by atoms with E-state index in [0.29, 0.717) is 29.1 Å². The third-order valence-electron chi connectivity index (χ3n) is 4.22. The molecule has 0 radical (unpaired) electrons. The standard InChI is InChI=1S/C18H21N5O3S/c1-2-3-13-9-16(24)23-18(21-13)27-17(22-23)20-10-12-4-6-19-15(8-12)26-14-5-7-25-11-14/h4,6,8-9,14H,2-3,5,7,10-11H2,1H3,(H,20,22). The Hall–Kier alpha value is -2.52. The molecule has 0 bridgehead atoms. The minimum absolute atomic E-state index is 0.0697. The summed E-state index contributed by atoms with van der Waals surface area (Å²) in [6.45, 7) is 3.96. The summed E-state index contributed by atoms with van der Waals surface area (Å²) < 4.78 is 12.5. The van der Waals surface area contributed by atoms with Crippen molar-refractivity contribution >= 4 is 21.4 Å². The van der Waals surface area contributed by atoms with Crippen molar-refractivity contribution in [2.45, 2.75) is 38.8 Å². The van der Waals surface area contributed by atoms with E-state index in [-0.39, 0.29) is 11.7 Å². The first-order valence-electron chi connectivity index (χ1n) is 9.04. The number of fused-ring (bicyclic) bond motifs is 1. The van der Waals surface area contributed by atoms with Crippen molar-refractivity contribution in [1.29, 1.82) is 0 Å². The number of hydrogen-bond donors (Lipinski definition) is 1. The molecule has 3 aromatic heterocycles. The van der Waals surface area contributed by atoms with Gasteiger partial charge in [0.15, 0.2) is 0 Å². The van der Waals surface area contributed by atoms with Crippen molar-refractivity contribution < 1.29 is 9.47 Å². The van der Waals surface area contributed by atoms with Crippen LogP contribution in [-0.2, 0) is 17.7 Å². The van der Waals surface area contributed by atoms with E-state index in [1.165, 1.54) is 15.9 Å². The van der Waals surface area contributed by atoms with E-state index in [9.17, 15) is 4.79 Å². The highest BCUT2D eigenvalue weighted by Gasteiger charge is 2.17. The van der Waals surface area contributed by atoms with Gasteiger partial charge in [-0.05, 0) is 18.1 Å². The third-order valence-corrected chi connectivity index (χ3v) is 5.09. The Balaban J connectivity index is 1.45. The number of aryl methyl sites for hydroxylation is 1. The Kier molecular flexibility index (Phi) is 5.30. The lowest BCUT2D eigenvalue weighted by molar-refractivity contribution is 0.138. The molecule has 8 nitrogen and oxygen atoms in total. The average Bonchev–Trinajstić information content (AvgIpc) is 3.30. The van der Waals surface area contributed by atoms with E-state index in [2.05, 4.69) is 27.3 Å². The largest absolute Gasteiger partial charge is 0.472 e. The molecule has 1 N–H and O–H groups in total. The lowest BCUT2D eigenvalue weighted by Crippen LogP contribution is -2.16. The van der Waals surface area contributed by atoms with E-state index in [1.807, 2.05) is 12.1 Å². The molecule has 1 aliphatic heterocycles. The predicted molar refractivity (Wildman–Crippen MR) is 103 cm³/mol. The Morgan fingerprint density at radius 3 is 3.19 bits per heavy atom. The van der Waals surface area contributed by atoms with Gasteiger partial charge in [-0.3, -0.25) is 4.79 Å². The van der Waals surface area contributed by atoms with E-state index in [1.54, 1.807) is 12.3 Å². The Labute approximate surface area is 160 Å². The van der Waals surface area contributed by atoms with Crippen LogP contribution in [0.4, 0.5) is 5.13 Å². The molecule has 4 rings (SSSR count). The SMILES string of the molecule is CCCc1cc(=O)n2nc(NCc3ccnc(OC4CCOC4)c3)sc2n1. The second-order valence-electron chi connectivity index (χ2n) is 6.40. The molecule has 0 amide bonds. The van der Waals surface area contributed by atoms with Crippen LogP contribution < -0.4 is 15.6 Å². The van der Waals surface area contributed by atoms with Crippen molar-refractivity contribution in [3.63, 3.8) is 0 Å². The second-order valence-corrected chi connectivity index (χ2v) is 7.35. The maximum absolute atomic E-state index is 12.2. The molecule has 27 heavy (non-hydrogen) atoms. The summed E-state index contributed by atoms with van der Waals surface area (Å²) >= 11 is 1.37. The fourth-order valence-corrected chi connectivity index (χ4v) is 3.71. The highest BCUT2D eigenvalue weighted by atomic mass is 32.1. The van der Waals surface area contributed by atoms with Gasteiger partial charge in [-0.25, -0.2) is 9.97 Å². The first-order chi connectivity index (χ1) is 13.2. The van der Waals surface area contributed by atoms with E-state index in [4.69, 9.17) is 9.47 Å². The molecule has 4 heterocycles. The molecule has 0 saturated carbocycles. The van der Waals surface area contributed by atoms with E-state index < -0.39 is 0 Å². The molecule has 3 aromatic rings. The van der Waals surface area contributed by atoms with Gasteiger partial charge in [0.1, 0.15) is 6.10 Å². The minimum atomic E-state index is -0.147. The lowest BCUT2D eigenvalue weighted by atomic mass is 10.2. The van der Waals surface area contributed by atoms with Crippen LogP contribution in [0.2, 0.25) is 0 Å². The number of nitrogens with zero attached hydrogens (tertiary/aromatic N) is 4. The Morgan fingerprint density at radius 1 is 1.44 bits per heavy atom. The van der Waals surface area contributed by atoms with Crippen molar-refractivity contribution in [2.75, 3.05) is 18.5 Å². The van der Waals surface area contributed by atoms with Gasteiger partial charge in [0, 0.05) is 37.0 Å². The van der Waals surface area contributed by atoms with Crippen LogP contribution in [0.5, 0.6) is 5.88 Å². The van der Waals surface area contributed by atoms with Gasteiger partial charge in [0.05, 0.1) is 13.2 Å². The summed E-state index contributed by atoms with van der Waals surface area (Å²) in [7, 11) is 0. The van der Waals surface area contributed by atoms with Crippen LogP contribution in [0.3, 0.4) is 0 Å². The summed E-state index contributed by atoms with van der Waals surface area (Å²) in [5.41, 5.74) is 1.68. The first kappa shape index (κ1) is 17.9. The third kappa shape index (κ3) is 4.25. The number of nitrogens with one attached hydrogen (secondary N) is 1. The lowest BCUT2D eigenvalue weighted by Gasteiger charge is -2.11. The van der Waals surface area contributed by atoms with Crippen molar-refractivity contribution in [3.8, 4) is 5.88 Å². The van der Waals surface area contributed by atoms with Gasteiger partial charge < -0.3 is 14.8 Å². The molecule has 1 aliphatic rings. The van der Waals surface area contributed by atoms with Crippen LogP contribution in [0.25, 0.3) is 4.96 Å². The molecule has 9 heteroatoms. The van der Waals surface area contributed by atoms with Crippen LogP contribution in [0, 0.1) is 0 Å². The van der Waals surface area contributed by atoms with Gasteiger partial charge in [0.2, 0.25) is 16.0 Å². The highest BCUT2D eigenvalue weighted by molar-refractivity contribution is 7.20. The summed E-state index contributed by atoms with van der Waals surface area (Å²) in [6.07, 6.45) is 4.42. The van der Waals surface area contributed by atoms with Gasteiger partial charge in [0.25, 0.3) is 5.56 Å². The van der Waals surface area contributed by atoms with Gasteiger partial charge in [-0.2, -0.15) is 4.52 Å². The van der Waals surface area contributed by atoms with Gasteiger partial charge in [-0.15, -0.1) is 5.10 Å². The zero-order valence-electron chi connectivity index (χ0n) is 15.1. The summed E-state index contributed by atoms with van der Waals surface area (Å²) in [4.78, 5) is 21.5. The Bertz CT molecular complexity index is 981. The fourth-order valence-electron chi connectivity index (χ4n) is 2.89. The maximum Gasteiger partial charge on any atom is 0.275 e. The van der Waals surface area contributed by atoms with Crippen LogP contribution in [0.15, 0.2) is 29.2 Å². The van der Waals surface area contributed by atoms with Crippen molar-refractivity contribution in [2.24, 2.45) is 0 Å². The van der Waals surface area contributed by atoms with Crippen LogP contribution in [-0.4, -0.2) is 38.9 Å². The molecule has 1 atom stereocenters. The van der Waals surface area contributed by atoms with Crippen LogP contribution in [0.1, 0.15) is 31.0 Å². The molecular formula is C18H21N5O3S. The molecular weight excluding hydrogens is 366 g/mol. The molecule has 0 aromatic carbocycles. The first-order valence-corrected chi connectivity index (χ1v) is 9.86. The predicted octanol–water partition coefficient (Wildman–Crippen LogP) is 2.28. The van der Waals surface area contributed by atoms with E-state index >= 15 is 0 Å². The molecule has 0 spiro atoms. The average molecular weight is 387 g/mol. The number of aromatic nitrogens is 4. The molecule has 1 fully saturated rings. The quantitative estimate of drug-likeness (QED) is 0.665. The van der Waals surface area contributed by atoms with Gasteiger partial charge >= 0.3 is 0 Å². The maximum atomic E-state index is 12.2. The summed E-state index contributed by atoms with van der Waals surface area (Å²) in [5, 5.41) is 8.22. The summed E-state index contributed by atoms with van der Waals surface area (Å²) in [5.74, 6) is 0.594. The zero-order valence-corrected chi connectivity index (χ0v) is 15.9. The topological polar surface area (TPSA) is 90.6 Å². The number of anilines is 1. The monoisotopic (exact) mass is 387 g/mol. The minimum Gasteiger partial charge on any atom is -0.472 e. The smallest absolute Gasteiger partial charge is 0.275 e. The van der Waals surface area contributed by atoms with Crippen molar-refractivity contribution in [1.82, 2.24) is 19.6 Å². The summed E-state index contributed by atoms with van der Waals surface area (Å²) in [6, 6.07) is 5.38. The van der Waals surface area contributed by atoms with Crippen molar-refractivity contribution in [3.05, 3.63) is 46.0 Å². The molecule has 142 valence electrons. The van der Waals surface area contributed by atoms with E-state index in [0.717, 1.165) is 37.1 Å². The number of pyridine rings is 1. The number of rotatable bonds is 7. The molecule has 1 unspecified atom stereocenters. The Morgan fingerprint density at radius 2 is 2.37 bits per heavy atom. The second kappa shape index (κ2) is 8.01. The van der Waals surface area contributed by atoms with Gasteiger partial charge in [-0.1, -0.05) is 24.7 Å². The fraction of sp³-hybridized carbons (Fsp3) is 0.444. The van der Waals surface area contributed by atoms with Crippen LogP contribution >= 0.6 is 11.3 Å². The molecule has 0 aliphatic carbocycles. The normalized spacial score (nSPS) is 16.7.